The lowest BCUT2D eigenvalue weighted by molar-refractivity contribution is -0.149. The molecule has 2 rings (SSSR count). The lowest BCUT2D eigenvalue weighted by atomic mass is 9.84. The number of likely N-dealkylation sites (tertiary alicyclic amines) is 1. The maximum absolute atomic E-state index is 13.2. The summed E-state index contributed by atoms with van der Waals surface area (Å²) >= 11 is 0. The third kappa shape index (κ3) is 2.26. The number of nitrogens with zero attached hydrogens (tertiary/aromatic N) is 1. The van der Waals surface area contributed by atoms with Gasteiger partial charge >= 0.3 is 0 Å². The molecular formula is C15H20FNO. The van der Waals surface area contributed by atoms with E-state index in [2.05, 4.69) is 0 Å². The summed E-state index contributed by atoms with van der Waals surface area (Å²) in [5, 5.41) is 0. The van der Waals surface area contributed by atoms with E-state index >= 15 is 0 Å². The molecule has 1 atom stereocenters. The third-order valence-corrected chi connectivity index (χ3v) is 3.98. The Hall–Kier alpha value is -1.38. The van der Waals surface area contributed by atoms with Gasteiger partial charge in [-0.1, -0.05) is 32.9 Å². The predicted molar refractivity (Wildman–Crippen MR) is 69.5 cm³/mol. The zero-order valence-corrected chi connectivity index (χ0v) is 11.2. The molecule has 0 aromatic heterocycles. The second-order valence-electron chi connectivity index (χ2n) is 5.60. The zero-order valence-electron chi connectivity index (χ0n) is 11.2. The fourth-order valence-electron chi connectivity index (χ4n) is 2.23. The van der Waals surface area contributed by atoms with E-state index in [0.717, 1.165) is 24.9 Å². The Morgan fingerprint density at radius 2 is 2.22 bits per heavy atom. The first-order valence-electron chi connectivity index (χ1n) is 6.52. The Balaban J connectivity index is 2.16. The average Bonchev–Trinajstić information content (AvgIpc) is 2.27. The van der Waals surface area contributed by atoms with E-state index in [1.165, 1.54) is 12.1 Å². The van der Waals surface area contributed by atoms with Crippen molar-refractivity contribution in [2.24, 2.45) is 5.41 Å². The van der Waals surface area contributed by atoms with Crippen LogP contribution in [0.5, 0.6) is 0 Å². The number of hydrogen-bond acceptors (Lipinski definition) is 1. The van der Waals surface area contributed by atoms with Crippen LogP contribution in [0.3, 0.4) is 0 Å². The largest absolute Gasteiger partial charge is 0.335 e. The van der Waals surface area contributed by atoms with Crippen molar-refractivity contribution in [1.82, 2.24) is 4.90 Å². The molecule has 1 aliphatic heterocycles. The number of amides is 1. The molecule has 1 aromatic carbocycles. The fraction of sp³-hybridized carbons (Fsp3) is 0.533. The van der Waals surface area contributed by atoms with Crippen molar-refractivity contribution in [3.63, 3.8) is 0 Å². The van der Waals surface area contributed by atoms with E-state index in [9.17, 15) is 9.18 Å². The second kappa shape index (κ2) is 4.71. The van der Waals surface area contributed by atoms with Crippen LogP contribution >= 0.6 is 0 Å². The summed E-state index contributed by atoms with van der Waals surface area (Å²) in [6.45, 7) is 6.74. The normalized spacial score (nSPS) is 19.6. The van der Waals surface area contributed by atoms with Gasteiger partial charge in [0.2, 0.25) is 5.91 Å². The van der Waals surface area contributed by atoms with Gasteiger partial charge in [0.1, 0.15) is 5.82 Å². The molecule has 1 amide bonds. The Labute approximate surface area is 108 Å². The summed E-state index contributed by atoms with van der Waals surface area (Å²) in [6, 6.07) is 6.62. The Bertz CT molecular complexity index is 456. The molecule has 1 aromatic rings. The highest BCUT2D eigenvalue weighted by Crippen LogP contribution is 2.37. The van der Waals surface area contributed by atoms with Crippen LogP contribution in [-0.4, -0.2) is 17.4 Å². The standard InChI is InChI=1S/C15H20FNO/c1-4-15(2,3)14(18)17-9-8-13(17)11-6-5-7-12(16)10-11/h5-7,10,13H,4,8-9H2,1-3H3. The van der Waals surface area contributed by atoms with Gasteiger partial charge in [0, 0.05) is 12.0 Å². The zero-order chi connectivity index (χ0) is 13.3. The molecule has 0 bridgehead atoms. The molecule has 1 fully saturated rings. The summed E-state index contributed by atoms with van der Waals surface area (Å²) < 4.78 is 13.2. The molecule has 0 radical (unpaired) electrons. The minimum Gasteiger partial charge on any atom is -0.335 e. The van der Waals surface area contributed by atoms with Crippen molar-refractivity contribution in [2.75, 3.05) is 6.54 Å². The highest BCUT2D eigenvalue weighted by atomic mass is 19.1. The fourth-order valence-corrected chi connectivity index (χ4v) is 2.23. The van der Waals surface area contributed by atoms with Crippen LogP contribution < -0.4 is 0 Å². The number of hydrogen-bond donors (Lipinski definition) is 0. The number of rotatable bonds is 3. The van der Waals surface area contributed by atoms with Crippen molar-refractivity contribution < 1.29 is 9.18 Å². The Kier molecular flexibility index (Phi) is 3.42. The highest BCUT2D eigenvalue weighted by molar-refractivity contribution is 5.83. The summed E-state index contributed by atoms with van der Waals surface area (Å²) in [5.41, 5.74) is 0.577. The molecule has 1 heterocycles. The number of benzene rings is 1. The van der Waals surface area contributed by atoms with Crippen molar-refractivity contribution in [1.29, 1.82) is 0 Å². The van der Waals surface area contributed by atoms with Crippen molar-refractivity contribution in [3.8, 4) is 0 Å². The molecule has 3 heteroatoms. The molecule has 0 aliphatic carbocycles. The SMILES string of the molecule is CCC(C)(C)C(=O)N1CCC1c1cccc(F)c1. The van der Waals surface area contributed by atoms with E-state index in [-0.39, 0.29) is 23.2 Å². The first kappa shape index (κ1) is 13.1. The van der Waals surface area contributed by atoms with Gasteiger partial charge in [0.15, 0.2) is 0 Å². The minimum absolute atomic E-state index is 0.0547. The van der Waals surface area contributed by atoms with Crippen LogP contribution in [0.25, 0.3) is 0 Å². The molecule has 1 saturated heterocycles. The van der Waals surface area contributed by atoms with Crippen molar-refractivity contribution >= 4 is 5.91 Å². The first-order chi connectivity index (χ1) is 8.45. The van der Waals surface area contributed by atoms with Gasteiger partial charge in [-0.15, -0.1) is 0 Å². The monoisotopic (exact) mass is 249 g/mol. The molecule has 98 valence electrons. The molecule has 0 N–H and O–H groups in total. The molecule has 1 aliphatic rings. The van der Waals surface area contributed by atoms with Crippen LogP contribution in [0.4, 0.5) is 4.39 Å². The Morgan fingerprint density at radius 3 is 2.72 bits per heavy atom. The number of halogens is 1. The van der Waals surface area contributed by atoms with E-state index in [4.69, 9.17) is 0 Å². The summed E-state index contributed by atoms with van der Waals surface area (Å²) in [7, 11) is 0. The molecular weight excluding hydrogens is 229 g/mol. The van der Waals surface area contributed by atoms with Crippen LogP contribution in [0.15, 0.2) is 24.3 Å². The van der Waals surface area contributed by atoms with E-state index in [0.29, 0.717) is 0 Å². The van der Waals surface area contributed by atoms with Crippen LogP contribution in [-0.2, 0) is 4.79 Å². The minimum atomic E-state index is -0.327. The molecule has 18 heavy (non-hydrogen) atoms. The van der Waals surface area contributed by atoms with Gasteiger partial charge in [0.25, 0.3) is 0 Å². The van der Waals surface area contributed by atoms with Crippen LogP contribution in [0, 0.1) is 11.2 Å². The number of carbonyl (C=O) groups is 1. The van der Waals surface area contributed by atoms with Gasteiger partial charge in [-0.25, -0.2) is 4.39 Å². The molecule has 2 nitrogen and oxygen atoms in total. The highest BCUT2D eigenvalue weighted by Gasteiger charge is 2.39. The molecule has 1 unspecified atom stereocenters. The Morgan fingerprint density at radius 1 is 1.50 bits per heavy atom. The molecule has 0 saturated carbocycles. The summed E-state index contributed by atoms with van der Waals surface area (Å²) in [4.78, 5) is 14.3. The first-order valence-corrected chi connectivity index (χ1v) is 6.52. The van der Waals surface area contributed by atoms with E-state index in [1.54, 1.807) is 6.07 Å². The van der Waals surface area contributed by atoms with Crippen LogP contribution in [0.2, 0.25) is 0 Å². The van der Waals surface area contributed by atoms with Crippen molar-refractivity contribution in [2.45, 2.75) is 39.7 Å². The van der Waals surface area contributed by atoms with Crippen LogP contribution in [0.1, 0.15) is 45.2 Å². The van der Waals surface area contributed by atoms with Gasteiger partial charge in [-0.05, 0) is 30.5 Å². The lowest BCUT2D eigenvalue weighted by Crippen LogP contribution is -2.50. The van der Waals surface area contributed by atoms with Gasteiger partial charge < -0.3 is 4.90 Å². The third-order valence-electron chi connectivity index (χ3n) is 3.98. The average molecular weight is 249 g/mol. The quantitative estimate of drug-likeness (QED) is 0.802. The second-order valence-corrected chi connectivity index (χ2v) is 5.60. The van der Waals surface area contributed by atoms with Crippen molar-refractivity contribution in [3.05, 3.63) is 35.6 Å². The summed E-state index contributed by atoms with van der Waals surface area (Å²) in [5.74, 6) is -0.0629. The lowest BCUT2D eigenvalue weighted by Gasteiger charge is -2.45. The maximum atomic E-state index is 13.2. The number of carbonyl (C=O) groups excluding carboxylic acids is 1. The molecule has 0 spiro atoms. The van der Waals surface area contributed by atoms with E-state index < -0.39 is 0 Å². The maximum Gasteiger partial charge on any atom is 0.228 e. The topological polar surface area (TPSA) is 20.3 Å². The van der Waals surface area contributed by atoms with E-state index in [1.807, 2.05) is 31.7 Å². The van der Waals surface area contributed by atoms with Gasteiger partial charge in [0.05, 0.1) is 6.04 Å². The predicted octanol–water partition coefficient (Wildman–Crippen LogP) is 3.54. The smallest absolute Gasteiger partial charge is 0.228 e. The summed E-state index contributed by atoms with van der Waals surface area (Å²) in [6.07, 6.45) is 1.74. The van der Waals surface area contributed by atoms with Gasteiger partial charge in [-0.2, -0.15) is 0 Å². The van der Waals surface area contributed by atoms with Gasteiger partial charge in [-0.3, -0.25) is 4.79 Å².